The topological polar surface area (TPSA) is 46.5 Å². The number of carboxylic acid groups (broad SMARTS) is 1. The first-order chi connectivity index (χ1) is 9.76. The third-order valence-electron chi connectivity index (χ3n) is 2.59. The van der Waals surface area contributed by atoms with Crippen LogP contribution in [0.3, 0.4) is 0 Å². The van der Waals surface area contributed by atoms with Crippen molar-refractivity contribution in [1.82, 2.24) is 0 Å². The van der Waals surface area contributed by atoms with Crippen molar-refractivity contribution in [2.75, 3.05) is 0 Å². The maximum atomic E-state index is 12.2. The average molecular weight is 361 g/mol. The molecule has 2 aromatic rings. The van der Waals surface area contributed by atoms with Crippen LogP contribution in [0.2, 0.25) is 0 Å². The summed E-state index contributed by atoms with van der Waals surface area (Å²) in [5, 5.41) is 9.18. The quantitative estimate of drug-likeness (QED) is 0.861. The van der Waals surface area contributed by atoms with E-state index in [0.29, 0.717) is 15.6 Å². The Balaban J connectivity index is 2.48. The third kappa shape index (κ3) is 3.98. The van der Waals surface area contributed by atoms with Gasteiger partial charge in [-0.1, -0.05) is 34.1 Å². The Morgan fingerprint density at radius 3 is 2.48 bits per heavy atom. The molecule has 0 bridgehead atoms. The molecule has 0 aliphatic rings. The number of ether oxygens (including phenoxy) is 1. The molecular formula is C14H8BrF3O3. The molecule has 2 aromatic carbocycles. The highest BCUT2D eigenvalue weighted by Crippen LogP contribution is 2.31. The number of benzene rings is 2. The van der Waals surface area contributed by atoms with E-state index in [1.165, 1.54) is 24.3 Å². The predicted octanol–water partition coefficient (Wildman–Crippen LogP) is 4.71. The van der Waals surface area contributed by atoms with Gasteiger partial charge in [-0.2, -0.15) is 0 Å². The van der Waals surface area contributed by atoms with Crippen molar-refractivity contribution in [3.8, 4) is 16.9 Å². The molecule has 0 radical (unpaired) electrons. The molecule has 0 saturated carbocycles. The van der Waals surface area contributed by atoms with Gasteiger partial charge in [0.2, 0.25) is 0 Å². The molecule has 110 valence electrons. The summed E-state index contributed by atoms with van der Waals surface area (Å²) in [6, 6.07) is 9.68. The SMILES string of the molecule is O=C(O)c1cc(Br)ccc1-c1cccc(OC(F)(F)F)c1. The zero-order chi connectivity index (χ0) is 15.6. The fourth-order valence-corrected chi connectivity index (χ4v) is 2.17. The van der Waals surface area contributed by atoms with E-state index in [9.17, 15) is 23.1 Å². The average Bonchev–Trinajstić information content (AvgIpc) is 2.36. The number of rotatable bonds is 3. The summed E-state index contributed by atoms with van der Waals surface area (Å²) in [5.41, 5.74) is 0.605. The second kappa shape index (κ2) is 5.77. The van der Waals surface area contributed by atoms with Crippen molar-refractivity contribution in [3.63, 3.8) is 0 Å². The molecule has 0 fully saturated rings. The molecular weight excluding hydrogens is 353 g/mol. The van der Waals surface area contributed by atoms with Crippen LogP contribution in [0.1, 0.15) is 10.4 Å². The fraction of sp³-hybridized carbons (Fsp3) is 0.0714. The molecule has 0 aliphatic heterocycles. The van der Waals surface area contributed by atoms with Gasteiger partial charge >= 0.3 is 12.3 Å². The van der Waals surface area contributed by atoms with E-state index >= 15 is 0 Å². The van der Waals surface area contributed by atoms with Gasteiger partial charge in [0.1, 0.15) is 5.75 Å². The largest absolute Gasteiger partial charge is 0.573 e. The number of halogens is 4. The second-order valence-electron chi connectivity index (χ2n) is 4.07. The molecule has 0 amide bonds. The zero-order valence-electron chi connectivity index (χ0n) is 10.3. The molecule has 2 rings (SSSR count). The van der Waals surface area contributed by atoms with Crippen molar-refractivity contribution in [3.05, 3.63) is 52.5 Å². The Bertz CT molecular complexity index is 683. The molecule has 0 spiro atoms. The summed E-state index contributed by atoms with van der Waals surface area (Å²) < 4.78 is 41.0. The highest BCUT2D eigenvalue weighted by molar-refractivity contribution is 9.10. The summed E-state index contributed by atoms with van der Waals surface area (Å²) in [4.78, 5) is 11.2. The maximum absolute atomic E-state index is 12.2. The van der Waals surface area contributed by atoms with Crippen LogP contribution in [-0.2, 0) is 0 Å². The third-order valence-corrected chi connectivity index (χ3v) is 3.08. The van der Waals surface area contributed by atoms with Gasteiger partial charge in [-0.25, -0.2) is 4.79 Å². The van der Waals surface area contributed by atoms with E-state index < -0.39 is 18.1 Å². The first-order valence-electron chi connectivity index (χ1n) is 5.65. The van der Waals surface area contributed by atoms with Crippen LogP contribution >= 0.6 is 15.9 Å². The van der Waals surface area contributed by atoms with Crippen molar-refractivity contribution in [1.29, 1.82) is 0 Å². The van der Waals surface area contributed by atoms with E-state index in [0.717, 1.165) is 12.1 Å². The van der Waals surface area contributed by atoms with Gasteiger partial charge in [-0.3, -0.25) is 0 Å². The van der Waals surface area contributed by atoms with Crippen molar-refractivity contribution < 1.29 is 27.8 Å². The number of alkyl halides is 3. The summed E-state index contributed by atoms with van der Waals surface area (Å²) in [6.07, 6.45) is -4.80. The van der Waals surface area contributed by atoms with Gasteiger partial charge in [0.05, 0.1) is 5.56 Å². The molecule has 0 heterocycles. The second-order valence-corrected chi connectivity index (χ2v) is 4.99. The van der Waals surface area contributed by atoms with Crippen molar-refractivity contribution in [2.45, 2.75) is 6.36 Å². The molecule has 1 N–H and O–H groups in total. The van der Waals surface area contributed by atoms with E-state index in [2.05, 4.69) is 20.7 Å². The van der Waals surface area contributed by atoms with Gasteiger partial charge < -0.3 is 9.84 Å². The van der Waals surface area contributed by atoms with Crippen molar-refractivity contribution in [2.24, 2.45) is 0 Å². The molecule has 21 heavy (non-hydrogen) atoms. The number of hydrogen-bond donors (Lipinski definition) is 1. The van der Waals surface area contributed by atoms with E-state index in [4.69, 9.17) is 0 Å². The standard InChI is InChI=1S/C14H8BrF3O3/c15-9-4-5-11(12(7-9)13(19)20)8-2-1-3-10(6-8)21-14(16,17)18/h1-7H,(H,19,20). The smallest absolute Gasteiger partial charge is 0.478 e. The Kier molecular flexibility index (Phi) is 4.22. The van der Waals surface area contributed by atoms with Crippen LogP contribution in [0.25, 0.3) is 11.1 Å². The highest BCUT2D eigenvalue weighted by atomic mass is 79.9. The minimum absolute atomic E-state index is 0.0199. The van der Waals surface area contributed by atoms with E-state index in [1.807, 2.05) is 0 Å². The first kappa shape index (κ1) is 15.4. The number of carbonyl (C=O) groups is 1. The molecule has 0 unspecified atom stereocenters. The van der Waals surface area contributed by atoms with Crippen LogP contribution in [0.15, 0.2) is 46.9 Å². The monoisotopic (exact) mass is 360 g/mol. The van der Waals surface area contributed by atoms with Crippen LogP contribution < -0.4 is 4.74 Å². The minimum Gasteiger partial charge on any atom is -0.478 e. The van der Waals surface area contributed by atoms with Gasteiger partial charge in [0.15, 0.2) is 0 Å². The van der Waals surface area contributed by atoms with Crippen molar-refractivity contribution >= 4 is 21.9 Å². The lowest BCUT2D eigenvalue weighted by atomic mass is 9.99. The maximum Gasteiger partial charge on any atom is 0.573 e. The predicted molar refractivity (Wildman–Crippen MR) is 73.2 cm³/mol. The van der Waals surface area contributed by atoms with Crippen LogP contribution in [0.4, 0.5) is 13.2 Å². The molecule has 0 atom stereocenters. The van der Waals surface area contributed by atoms with Gasteiger partial charge in [-0.05, 0) is 35.4 Å². The van der Waals surface area contributed by atoms with Crippen LogP contribution in [-0.4, -0.2) is 17.4 Å². The molecule has 0 saturated heterocycles. The molecule has 0 aromatic heterocycles. The Labute approximate surface area is 126 Å². The summed E-state index contributed by atoms with van der Waals surface area (Å²) in [5.74, 6) is -1.58. The molecule has 0 aliphatic carbocycles. The molecule has 3 nitrogen and oxygen atoms in total. The van der Waals surface area contributed by atoms with Crippen LogP contribution in [0, 0.1) is 0 Å². The first-order valence-corrected chi connectivity index (χ1v) is 6.44. The normalized spacial score (nSPS) is 11.2. The van der Waals surface area contributed by atoms with E-state index in [-0.39, 0.29) is 5.56 Å². The number of hydrogen-bond acceptors (Lipinski definition) is 2. The summed E-state index contributed by atoms with van der Waals surface area (Å²) in [7, 11) is 0. The number of carboxylic acids is 1. The van der Waals surface area contributed by atoms with Gasteiger partial charge in [0, 0.05) is 4.47 Å². The Hall–Kier alpha value is -2.02. The van der Waals surface area contributed by atoms with Gasteiger partial charge in [-0.15, -0.1) is 13.2 Å². The molecule has 7 heteroatoms. The summed E-state index contributed by atoms with van der Waals surface area (Å²) >= 11 is 3.15. The Morgan fingerprint density at radius 1 is 1.14 bits per heavy atom. The lowest BCUT2D eigenvalue weighted by Crippen LogP contribution is -2.17. The number of aromatic carboxylic acids is 1. The lowest BCUT2D eigenvalue weighted by molar-refractivity contribution is -0.274. The van der Waals surface area contributed by atoms with E-state index in [1.54, 1.807) is 6.07 Å². The zero-order valence-corrected chi connectivity index (χ0v) is 11.9. The Morgan fingerprint density at radius 2 is 1.86 bits per heavy atom. The lowest BCUT2D eigenvalue weighted by Gasteiger charge is -2.11. The fourth-order valence-electron chi connectivity index (χ4n) is 1.81. The summed E-state index contributed by atoms with van der Waals surface area (Å²) in [6.45, 7) is 0. The minimum atomic E-state index is -4.80. The highest BCUT2D eigenvalue weighted by Gasteiger charge is 2.31. The van der Waals surface area contributed by atoms with Crippen LogP contribution in [0.5, 0.6) is 5.75 Å². The van der Waals surface area contributed by atoms with Gasteiger partial charge in [0.25, 0.3) is 0 Å².